The van der Waals surface area contributed by atoms with Gasteiger partial charge in [0.25, 0.3) is 0 Å². The molecule has 1 aliphatic carbocycles. The Kier molecular flexibility index (Phi) is 3.28. The molecular formula is C14H19N3O. The van der Waals surface area contributed by atoms with Crippen LogP contribution in [0, 0.1) is 5.92 Å². The zero-order valence-electron chi connectivity index (χ0n) is 10.7. The average molecular weight is 245 g/mol. The quantitative estimate of drug-likeness (QED) is 0.871. The lowest BCUT2D eigenvalue weighted by molar-refractivity contribution is 0.0646. The highest BCUT2D eigenvalue weighted by molar-refractivity contribution is 5.96. The van der Waals surface area contributed by atoms with E-state index in [1.165, 1.54) is 18.6 Å². The fourth-order valence-electron chi connectivity index (χ4n) is 2.86. The number of fused-ring (bicyclic) bond motifs is 1. The molecule has 18 heavy (non-hydrogen) atoms. The first kappa shape index (κ1) is 11.7. The van der Waals surface area contributed by atoms with E-state index in [9.17, 15) is 0 Å². The highest BCUT2D eigenvalue weighted by atomic mass is 16.5. The predicted octanol–water partition coefficient (Wildman–Crippen LogP) is 2.78. The summed E-state index contributed by atoms with van der Waals surface area (Å²) in [5, 5.41) is 3.36. The van der Waals surface area contributed by atoms with E-state index in [0.29, 0.717) is 12.0 Å². The molecule has 1 aromatic rings. The van der Waals surface area contributed by atoms with Crippen LogP contribution in [0.15, 0.2) is 23.3 Å². The number of hydrogen-bond acceptors (Lipinski definition) is 4. The van der Waals surface area contributed by atoms with Crippen molar-refractivity contribution in [3.05, 3.63) is 18.3 Å². The van der Waals surface area contributed by atoms with Gasteiger partial charge in [0.15, 0.2) is 5.82 Å². The summed E-state index contributed by atoms with van der Waals surface area (Å²) in [4.78, 5) is 9.06. The third-order valence-corrected chi connectivity index (χ3v) is 3.97. The van der Waals surface area contributed by atoms with E-state index in [1.807, 2.05) is 19.2 Å². The van der Waals surface area contributed by atoms with Gasteiger partial charge < -0.3 is 10.1 Å². The summed E-state index contributed by atoms with van der Waals surface area (Å²) in [7, 11) is 1.81. The monoisotopic (exact) mass is 245 g/mol. The maximum absolute atomic E-state index is 5.42. The minimum Gasteiger partial charge on any atom is -0.381 e. The van der Waals surface area contributed by atoms with Gasteiger partial charge in [0, 0.05) is 19.0 Å². The molecule has 1 aromatic heterocycles. The lowest BCUT2D eigenvalue weighted by atomic mass is 9.83. The Hall–Kier alpha value is -1.42. The lowest BCUT2D eigenvalue weighted by Gasteiger charge is -2.30. The van der Waals surface area contributed by atoms with Crippen molar-refractivity contribution in [2.45, 2.75) is 31.8 Å². The van der Waals surface area contributed by atoms with Crippen LogP contribution in [0.1, 0.15) is 25.7 Å². The van der Waals surface area contributed by atoms with Crippen LogP contribution in [0.2, 0.25) is 0 Å². The van der Waals surface area contributed by atoms with Crippen LogP contribution in [-0.4, -0.2) is 30.5 Å². The molecule has 0 spiro atoms. The first-order valence-electron chi connectivity index (χ1n) is 6.66. The van der Waals surface area contributed by atoms with Crippen LogP contribution in [0.25, 0.3) is 0 Å². The normalized spacial score (nSPS) is 27.1. The molecule has 4 heteroatoms. The summed E-state index contributed by atoms with van der Waals surface area (Å²) in [6, 6.07) is 3.96. The standard InChI is InChI=1S/C14H19N3O/c1-18-11-6-4-10(5-7-11)13-9-16-14-12(17-13)3-2-8-15-14/h2-3,8,10-11H,4-7,9H2,1H3,(H,15,16). The second-order valence-corrected chi connectivity index (χ2v) is 5.04. The maximum atomic E-state index is 5.42. The molecule has 0 amide bonds. The molecule has 4 nitrogen and oxygen atoms in total. The second-order valence-electron chi connectivity index (χ2n) is 5.04. The fraction of sp³-hybridized carbons (Fsp3) is 0.571. The molecule has 2 aliphatic rings. The largest absolute Gasteiger partial charge is 0.381 e. The molecule has 2 heterocycles. The topological polar surface area (TPSA) is 46.5 Å². The lowest BCUT2D eigenvalue weighted by Crippen LogP contribution is -2.31. The van der Waals surface area contributed by atoms with E-state index in [0.717, 1.165) is 30.9 Å². The molecule has 0 radical (unpaired) electrons. The smallest absolute Gasteiger partial charge is 0.152 e. The summed E-state index contributed by atoms with van der Waals surface area (Å²) in [5.41, 5.74) is 2.26. The van der Waals surface area contributed by atoms with E-state index in [4.69, 9.17) is 9.73 Å². The highest BCUT2D eigenvalue weighted by Gasteiger charge is 2.26. The van der Waals surface area contributed by atoms with Gasteiger partial charge in [-0.25, -0.2) is 4.98 Å². The zero-order valence-corrected chi connectivity index (χ0v) is 10.7. The van der Waals surface area contributed by atoms with Gasteiger partial charge in [0.1, 0.15) is 5.69 Å². The van der Waals surface area contributed by atoms with Gasteiger partial charge in [0.2, 0.25) is 0 Å². The fourth-order valence-corrected chi connectivity index (χ4v) is 2.86. The number of nitrogens with zero attached hydrogens (tertiary/aromatic N) is 2. The van der Waals surface area contributed by atoms with Crippen molar-refractivity contribution in [1.82, 2.24) is 4.98 Å². The van der Waals surface area contributed by atoms with Crippen LogP contribution in [0.4, 0.5) is 11.5 Å². The molecule has 96 valence electrons. The first-order chi connectivity index (χ1) is 8.86. The molecule has 1 fully saturated rings. The number of pyridine rings is 1. The van der Waals surface area contributed by atoms with Crippen molar-refractivity contribution in [3.63, 3.8) is 0 Å². The van der Waals surface area contributed by atoms with Crippen molar-refractivity contribution >= 4 is 17.2 Å². The van der Waals surface area contributed by atoms with Crippen molar-refractivity contribution in [1.29, 1.82) is 0 Å². The Bertz CT molecular complexity index is 450. The van der Waals surface area contributed by atoms with Crippen LogP contribution in [-0.2, 0) is 4.74 Å². The maximum Gasteiger partial charge on any atom is 0.152 e. The van der Waals surface area contributed by atoms with E-state index in [-0.39, 0.29) is 0 Å². The molecule has 1 aliphatic heterocycles. The van der Waals surface area contributed by atoms with Gasteiger partial charge in [-0.1, -0.05) is 0 Å². The molecule has 0 aromatic carbocycles. The number of aliphatic imine (C=N–C) groups is 1. The average Bonchev–Trinajstić information content (AvgIpc) is 2.47. The summed E-state index contributed by atoms with van der Waals surface area (Å²) in [5.74, 6) is 1.52. The molecule has 0 bridgehead atoms. The summed E-state index contributed by atoms with van der Waals surface area (Å²) < 4.78 is 5.42. The Labute approximate surface area is 107 Å². The van der Waals surface area contributed by atoms with Crippen molar-refractivity contribution in [2.24, 2.45) is 10.9 Å². The van der Waals surface area contributed by atoms with Crippen molar-refractivity contribution < 1.29 is 4.74 Å². The van der Waals surface area contributed by atoms with Gasteiger partial charge in [-0.2, -0.15) is 0 Å². The number of ether oxygens (including phenoxy) is 1. The molecule has 1 N–H and O–H groups in total. The van der Waals surface area contributed by atoms with E-state index >= 15 is 0 Å². The SMILES string of the molecule is COC1CCC(C2=Nc3cccnc3NC2)CC1. The minimum absolute atomic E-state index is 0.451. The molecule has 3 rings (SSSR count). The molecule has 1 saturated carbocycles. The predicted molar refractivity (Wildman–Crippen MR) is 72.6 cm³/mol. The minimum atomic E-state index is 0.451. The summed E-state index contributed by atoms with van der Waals surface area (Å²) >= 11 is 0. The van der Waals surface area contributed by atoms with Crippen LogP contribution >= 0.6 is 0 Å². The van der Waals surface area contributed by atoms with Gasteiger partial charge in [-0.3, -0.25) is 4.99 Å². The van der Waals surface area contributed by atoms with Gasteiger partial charge in [0.05, 0.1) is 12.6 Å². The summed E-state index contributed by atoms with van der Waals surface area (Å²) in [6.45, 7) is 0.840. The van der Waals surface area contributed by atoms with Crippen LogP contribution in [0.3, 0.4) is 0 Å². The Morgan fingerprint density at radius 1 is 1.28 bits per heavy atom. The Balaban J connectivity index is 1.73. The van der Waals surface area contributed by atoms with Gasteiger partial charge in [-0.15, -0.1) is 0 Å². The number of nitrogens with one attached hydrogen (secondary N) is 1. The number of aromatic nitrogens is 1. The highest BCUT2D eigenvalue weighted by Crippen LogP contribution is 2.32. The Morgan fingerprint density at radius 3 is 2.89 bits per heavy atom. The second kappa shape index (κ2) is 5.06. The zero-order chi connectivity index (χ0) is 12.4. The number of hydrogen-bond donors (Lipinski definition) is 1. The van der Waals surface area contributed by atoms with Gasteiger partial charge in [-0.05, 0) is 43.7 Å². The number of methoxy groups -OCH3 is 1. The number of rotatable bonds is 2. The summed E-state index contributed by atoms with van der Waals surface area (Å²) in [6.07, 6.45) is 6.94. The number of anilines is 1. The third kappa shape index (κ3) is 2.25. The van der Waals surface area contributed by atoms with E-state index < -0.39 is 0 Å². The van der Waals surface area contributed by atoms with E-state index in [1.54, 1.807) is 6.20 Å². The van der Waals surface area contributed by atoms with Crippen molar-refractivity contribution in [3.8, 4) is 0 Å². The molecule has 0 saturated heterocycles. The van der Waals surface area contributed by atoms with Crippen LogP contribution in [0.5, 0.6) is 0 Å². The van der Waals surface area contributed by atoms with Crippen LogP contribution < -0.4 is 5.32 Å². The van der Waals surface area contributed by atoms with Gasteiger partial charge >= 0.3 is 0 Å². The van der Waals surface area contributed by atoms with E-state index in [2.05, 4.69) is 10.3 Å². The molecule has 0 atom stereocenters. The molecular weight excluding hydrogens is 226 g/mol. The third-order valence-electron chi connectivity index (χ3n) is 3.97. The molecule has 0 unspecified atom stereocenters. The van der Waals surface area contributed by atoms with Crippen molar-refractivity contribution in [2.75, 3.05) is 19.0 Å². The Morgan fingerprint density at radius 2 is 2.11 bits per heavy atom. The first-order valence-corrected chi connectivity index (χ1v) is 6.66.